The Hall–Kier alpha value is -1.97. The summed E-state index contributed by atoms with van der Waals surface area (Å²) in [5.41, 5.74) is 1.28. The molecule has 0 saturated carbocycles. The maximum absolute atomic E-state index is 11.1. The van der Waals surface area contributed by atoms with Crippen molar-refractivity contribution >= 4 is 6.29 Å². The van der Waals surface area contributed by atoms with Crippen molar-refractivity contribution in [1.82, 2.24) is 0 Å². The molecule has 0 aliphatic heterocycles. The van der Waals surface area contributed by atoms with Crippen LogP contribution in [0.1, 0.15) is 25.3 Å². The Balaban J connectivity index is 3.12. The summed E-state index contributed by atoms with van der Waals surface area (Å²) in [6.45, 7) is 3.62. The third-order valence-corrected chi connectivity index (χ3v) is 2.60. The Bertz CT molecular complexity index is 438. The van der Waals surface area contributed by atoms with Crippen LogP contribution in [0.4, 0.5) is 0 Å². The molecule has 0 aliphatic carbocycles. The van der Waals surface area contributed by atoms with Crippen LogP contribution in [-0.4, -0.2) is 17.8 Å². The topological polar surface area (TPSA) is 60.2 Å². The molecular weight excluding hydrogens is 230 g/mol. The van der Waals surface area contributed by atoms with E-state index in [2.05, 4.69) is 0 Å². The first-order valence-electron chi connectivity index (χ1n) is 5.88. The first-order chi connectivity index (χ1) is 8.54. The smallest absolute Gasteiger partial charge is 0.214 e. The number of hydrogen-bond acceptors (Lipinski definition) is 3. The van der Waals surface area contributed by atoms with Crippen molar-refractivity contribution in [2.75, 3.05) is 6.54 Å². The van der Waals surface area contributed by atoms with Crippen LogP contribution in [0.3, 0.4) is 0 Å². The third kappa shape index (κ3) is 4.13. The zero-order valence-corrected chi connectivity index (χ0v) is 10.6. The minimum absolute atomic E-state index is 0.183. The van der Waals surface area contributed by atoms with Crippen molar-refractivity contribution in [3.8, 4) is 0 Å². The van der Waals surface area contributed by atoms with Gasteiger partial charge in [0.2, 0.25) is 6.54 Å². The number of nitro groups is 1. The molecule has 0 bridgehead atoms. The number of carbonyl (C=O) groups is 1. The van der Waals surface area contributed by atoms with Gasteiger partial charge >= 0.3 is 0 Å². The van der Waals surface area contributed by atoms with E-state index in [-0.39, 0.29) is 17.4 Å². The number of carbonyl (C=O) groups excluding carboxylic acids is 1. The highest BCUT2D eigenvalue weighted by Crippen LogP contribution is 2.24. The summed E-state index contributed by atoms with van der Waals surface area (Å²) in [7, 11) is 0. The number of nitrogens with zero attached hydrogens (tertiary/aromatic N) is 1. The fraction of sp³-hybridized carbons (Fsp3) is 0.357. The van der Waals surface area contributed by atoms with E-state index in [9.17, 15) is 14.9 Å². The second kappa shape index (κ2) is 6.69. The predicted molar refractivity (Wildman–Crippen MR) is 70.0 cm³/mol. The van der Waals surface area contributed by atoms with Crippen molar-refractivity contribution in [2.45, 2.75) is 19.8 Å². The SMILES string of the molecule is CC(C)/C=C(/C=O)[C@@H](C[N+](=O)[O-])c1ccccc1. The van der Waals surface area contributed by atoms with Gasteiger partial charge in [0.05, 0.1) is 5.92 Å². The van der Waals surface area contributed by atoms with E-state index in [4.69, 9.17) is 0 Å². The van der Waals surface area contributed by atoms with Crippen LogP contribution < -0.4 is 0 Å². The molecule has 0 aliphatic rings. The lowest BCUT2D eigenvalue weighted by molar-refractivity contribution is -0.481. The summed E-state index contributed by atoms with van der Waals surface area (Å²) in [4.78, 5) is 21.5. The summed E-state index contributed by atoms with van der Waals surface area (Å²) in [6, 6.07) is 9.11. The second-order valence-corrected chi connectivity index (χ2v) is 4.51. The average Bonchev–Trinajstić information content (AvgIpc) is 2.34. The van der Waals surface area contributed by atoms with Gasteiger partial charge < -0.3 is 0 Å². The largest absolute Gasteiger partial charge is 0.298 e. The standard InChI is InChI=1S/C14H17NO3/c1-11(2)8-13(10-16)14(9-15(17)18)12-6-4-3-5-7-12/h3-8,10-11,14H,9H2,1-2H3/b13-8-/t14-/m0/s1. The predicted octanol–water partition coefficient (Wildman–Crippen LogP) is 2.83. The highest BCUT2D eigenvalue weighted by molar-refractivity contribution is 5.76. The van der Waals surface area contributed by atoms with Crippen LogP contribution in [-0.2, 0) is 4.79 Å². The Kier molecular flexibility index (Phi) is 5.24. The third-order valence-electron chi connectivity index (χ3n) is 2.60. The maximum Gasteiger partial charge on any atom is 0.214 e. The summed E-state index contributed by atoms with van der Waals surface area (Å²) in [5.74, 6) is -0.288. The van der Waals surface area contributed by atoms with Gasteiger partial charge in [-0.3, -0.25) is 14.9 Å². The Morgan fingerprint density at radius 1 is 1.33 bits per heavy atom. The highest BCUT2D eigenvalue weighted by atomic mass is 16.6. The molecular formula is C14H17NO3. The molecule has 1 rings (SSSR count). The van der Waals surface area contributed by atoms with Crippen molar-refractivity contribution < 1.29 is 9.72 Å². The Labute approximate surface area is 106 Å². The summed E-state index contributed by atoms with van der Waals surface area (Å²) in [5, 5.41) is 10.8. The quantitative estimate of drug-likeness (QED) is 0.336. The van der Waals surface area contributed by atoms with Crippen molar-refractivity contribution in [2.24, 2.45) is 5.92 Å². The fourth-order valence-electron chi connectivity index (χ4n) is 1.86. The minimum Gasteiger partial charge on any atom is -0.298 e. The molecule has 4 nitrogen and oxygen atoms in total. The molecule has 0 saturated heterocycles. The number of aldehydes is 1. The second-order valence-electron chi connectivity index (χ2n) is 4.51. The number of rotatable bonds is 6. The van der Waals surface area contributed by atoms with Crippen LogP contribution in [0.15, 0.2) is 42.0 Å². The lowest BCUT2D eigenvalue weighted by Gasteiger charge is -2.14. The van der Waals surface area contributed by atoms with Gasteiger partial charge in [-0.1, -0.05) is 50.3 Å². The van der Waals surface area contributed by atoms with Crippen molar-refractivity contribution in [1.29, 1.82) is 0 Å². The lowest BCUT2D eigenvalue weighted by Crippen LogP contribution is -2.16. The number of benzene rings is 1. The first-order valence-corrected chi connectivity index (χ1v) is 5.88. The molecule has 0 N–H and O–H groups in total. The summed E-state index contributed by atoms with van der Waals surface area (Å²) < 4.78 is 0. The molecule has 0 aromatic heterocycles. The monoisotopic (exact) mass is 247 g/mol. The maximum atomic E-state index is 11.1. The van der Waals surface area contributed by atoms with Crippen LogP contribution in [0.25, 0.3) is 0 Å². The molecule has 1 aromatic rings. The molecule has 1 aromatic carbocycles. The zero-order chi connectivity index (χ0) is 13.5. The van der Waals surface area contributed by atoms with Gasteiger partial charge in [0.1, 0.15) is 6.29 Å². The molecule has 0 heterocycles. The summed E-state index contributed by atoms with van der Waals surface area (Å²) in [6.07, 6.45) is 2.51. The highest BCUT2D eigenvalue weighted by Gasteiger charge is 2.22. The van der Waals surface area contributed by atoms with Gasteiger partial charge in [0, 0.05) is 10.5 Å². The van der Waals surface area contributed by atoms with E-state index >= 15 is 0 Å². The molecule has 0 amide bonds. The summed E-state index contributed by atoms with van der Waals surface area (Å²) >= 11 is 0. The van der Waals surface area contributed by atoms with Crippen LogP contribution in [0.2, 0.25) is 0 Å². The average molecular weight is 247 g/mol. The van der Waals surface area contributed by atoms with Crippen LogP contribution >= 0.6 is 0 Å². The van der Waals surface area contributed by atoms with Gasteiger partial charge in [0.15, 0.2) is 0 Å². The van der Waals surface area contributed by atoms with E-state index in [1.807, 2.05) is 44.2 Å². The molecule has 4 heteroatoms. The number of hydrogen-bond donors (Lipinski definition) is 0. The molecule has 0 radical (unpaired) electrons. The zero-order valence-electron chi connectivity index (χ0n) is 10.6. The molecule has 0 fully saturated rings. The van der Waals surface area contributed by atoms with Crippen molar-refractivity contribution in [3.05, 3.63) is 57.7 Å². The van der Waals surface area contributed by atoms with E-state index in [0.717, 1.165) is 11.8 Å². The van der Waals surface area contributed by atoms with Gasteiger partial charge in [0.25, 0.3) is 0 Å². The number of allylic oxidation sites excluding steroid dienone is 1. The molecule has 96 valence electrons. The van der Waals surface area contributed by atoms with E-state index in [1.165, 1.54) is 0 Å². The van der Waals surface area contributed by atoms with E-state index in [1.54, 1.807) is 6.08 Å². The molecule has 18 heavy (non-hydrogen) atoms. The molecule has 0 unspecified atom stereocenters. The normalized spacial score (nSPS) is 13.4. The fourth-order valence-corrected chi connectivity index (χ4v) is 1.86. The van der Waals surface area contributed by atoms with E-state index in [0.29, 0.717) is 5.57 Å². The molecule has 1 atom stereocenters. The Morgan fingerprint density at radius 3 is 2.39 bits per heavy atom. The van der Waals surface area contributed by atoms with Crippen LogP contribution in [0, 0.1) is 16.0 Å². The Morgan fingerprint density at radius 2 is 1.94 bits per heavy atom. The molecule has 0 spiro atoms. The van der Waals surface area contributed by atoms with Crippen LogP contribution in [0.5, 0.6) is 0 Å². The van der Waals surface area contributed by atoms with Crippen molar-refractivity contribution in [3.63, 3.8) is 0 Å². The minimum atomic E-state index is -0.471. The van der Waals surface area contributed by atoms with E-state index < -0.39 is 5.92 Å². The van der Waals surface area contributed by atoms with Gasteiger partial charge in [-0.25, -0.2) is 0 Å². The van der Waals surface area contributed by atoms with Gasteiger partial charge in [-0.15, -0.1) is 0 Å². The van der Waals surface area contributed by atoms with Gasteiger partial charge in [-0.05, 0) is 11.5 Å². The van der Waals surface area contributed by atoms with Gasteiger partial charge in [-0.2, -0.15) is 0 Å². The first kappa shape index (κ1) is 14.1. The lowest BCUT2D eigenvalue weighted by atomic mass is 9.90.